The van der Waals surface area contributed by atoms with E-state index in [-0.39, 0.29) is 12.3 Å². The first-order chi connectivity index (χ1) is 10.6. The van der Waals surface area contributed by atoms with E-state index in [2.05, 4.69) is 0 Å². The molecule has 2 aromatic carbocycles. The van der Waals surface area contributed by atoms with Gasteiger partial charge in [0.25, 0.3) is 0 Å². The van der Waals surface area contributed by atoms with Crippen LogP contribution in [0.4, 0.5) is 16.2 Å². The van der Waals surface area contributed by atoms with Crippen molar-refractivity contribution < 1.29 is 9.59 Å². The summed E-state index contributed by atoms with van der Waals surface area (Å²) in [5, 5.41) is 0.953. The van der Waals surface area contributed by atoms with Crippen LogP contribution in [-0.2, 0) is 4.79 Å². The maximum Gasteiger partial charge on any atom is 0.335 e. The molecule has 0 N–H and O–H groups in total. The molecule has 112 valence electrons. The normalized spacial score (nSPS) is 15.4. The second kappa shape index (κ2) is 5.99. The van der Waals surface area contributed by atoms with E-state index < -0.39 is 6.03 Å². The van der Waals surface area contributed by atoms with Crippen LogP contribution in [0.25, 0.3) is 0 Å². The standard InChI is InChI=1S/C16H12Cl2N2O2/c17-11-5-7-12(8-6-11)19-10-9-15(21)20(16(19)22)14-4-2-1-3-13(14)18/h1-8H,9-10H2. The zero-order valence-electron chi connectivity index (χ0n) is 11.5. The molecule has 0 atom stereocenters. The quantitative estimate of drug-likeness (QED) is 0.818. The number of para-hydroxylation sites is 1. The van der Waals surface area contributed by atoms with Crippen molar-refractivity contribution >= 4 is 46.5 Å². The highest BCUT2D eigenvalue weighted by Crippen LogP contribution is 2.30. The summed E-state index contributed by atoms with van der Waals surface area (Å²) in [6.45, 7) is 0.334. The molecule has 3 amide bonds. The molecule has 3 rings (SSSR count). The number of imide groups is 1. The number of halogens is 2. The molecule has 22 heavy (non-hydrogen) atoms. The van der Waals surface area contributed by atoms with E-state index in [9.17, 15) is 9.59 Å². The lowest BCUT2D eigenvalue weighted by molar-refractivity contribution is -0.118. The molecular weight excluding hydrogens is 323 g/mol. The van der Waals surface area contributed by atoms with Crippen LogP contribution in [0.1, 0.15) is 6.42 Å². The van der Waals surface area contributed by atoms with Gasteiger partial charge in [-0.05, 0) is 36.4 Å². The number of anilines is 2. The predicted octanol–water partition coefficient (Wildman–Crippen LogP) is 4.36. The molecule has 1 saturated heterocycles. The Morgan fingerprint density at radius 1 is 0.909 bits per heavy atom. The molecule has 0 bridgehead atoms. The minimum atomic E-state index is -0.410. The van der Waals surface area contributed by atoms with Crippen LogP contribution in [0, 0.1) is 0 Å². The lowest BCUT2D eigenvalue weighted by atomic mass is 10.2. The average Bonchev–Trinajstić information content (AvgIpc) is 2.50. The third kappa shape index (κ3) is 2.67. The summed E-state index contributed by atoms with van der Waals surface area (Å²) in [5.41, 5.74) is 1.09. The zero-order chi connectivity index (χ0) is 15.7. The summed E-state index contributed by atoms with van der Waals surface area (Å²) in [6, 6.07) is 13.3. The number of urea groups is 1. The lowest BCUT2D eigenvalue weighted by Crippen LogP contribution is -2.52. The molecular formula is C16H12Cl2N2O2. The van der Waals surface area contributed by atoms with Crippen molar-refractivity contribution in [1.82, 2.24) is 0 Å². The molecule has 2 aromatic rings. The molecule has 1 aliphatic heterocycles. The summed E-state index contributed by atoms with van der Waals surface area (Å²) in [7, 11) is 0. The number of rotatable bonds is 2. The van der Waals surface area contributed by atoms with Gasteiger partial charge in [-0.3, -0.25) is 9.69 Å². The van der Waals surface area contributed by atoms with Gasteiger partial charge in [-0.15, -0.1) is 0 Å². The van der Waals surface area contributed by atoms with Crippen molar-refractivity contribution in [1.29, 1.82) is 0 Å². The molecule has 6 heteroatoms. The number of amides is 3. The SMILES string of the molecule is O=C1CCN(c2ccc(Cl)cc2)C(=O)N1c1ccccc1Cl. The van der Waals surface area contributed by atoms with Gasteiger partial charge in [0, 0.05) is 23.7 Å². The Morgan fingerprint density at radius 3 is 2.27 bits per heavy atom. The average molecular weight is 335 g/mol. The van der Waals surface area contributed by atoms with Gasteiger partial charge in [-0.25, -0.2) is 9.69 Å². The van der Waals surface area contributed by atoms with E-state index in [1.54, 1.807) is 53.4 Å². The molecule has 4 nitrogen and oxygen atoms in total. The first-order valence-electron chi connectivity index (χ1n) is 6.72. The predicted molar refractivity (Wildman–Crippen MR) is 87.7 cm³/mol. The second-order valence-corrected chi connectivity index (χ2v) is 5.68. The van der Waals surface area contributed by atoms with E-state index >= 15 is 0 Å². The summed E-state index contributed by atoms with van der Waals surface area (Å²) in [4.78, 5) is 27.6. The highest BCUT2D eigenvalue weighted by molar-refractivity contribution is 6.36. The topological polar surface area (TPSA) is 40.6 Å². The van der Waals surface area contributed by atoms with Crippen LogP contribution < -0.4 is 9.80 Å². The van der Waals surface area contributed by atoms with Gasteiger partial charge in [-0.2, -0.15) is 0 Å². The highest BCUT2D eigenvalue weighted by atomic mass is 35.5. The van der Waals surface area contributed by atoms with E-state index in [4.69, 9.17) is 23.2 Å². The molecule has 0 saturated carbocycles. The van der Waals surface area contributed by atoms with Gasteiger partial charge in [0.05, 0.1) is 10.7 Å². The van der Waals surface area contributed by atoms with Crippen LogP contribution in [-0.4, -0.2) is 18.5 Å². The van der Waals surface area contributed by atoms with Crippen molar-refractivity contribution in [3.63, 3.8) is 0 Å². The number of hydrogen-bond donors (Lipinski definition) is 0. The maximum absolute atomic E-state index is 12.7. The van der Waals surface area contributed by atoms with Gasteiger partial charge >= 0.3 is 6.03 Å². The van der Waals surface area contributed by atoms with E-state index in [1.165, 1.54) is 0 Å². The Morgan fingerprint density at radius 2 is 1.59 bits per heavy atom. The first-order valence-corrected chi connectivity index (χ1v) is 7.48. The number of hydrogen-bond acceptors (Lipinski definition) is 2. The van der Waals surface area contributed by atoms with Crippen molar-refractivity contribution in [2.45, 2.75) is 6.42 Å². The molecule has 0 spiro atoms. The highest BCUT2D eigenvalue weighted by Gasteiger charge is 2.34. The van der Waals surface area contributed by atoms with Gasteiger partial charge < -0.3 is 0 Å². The van der Waals surface area contributed by atoms with Crippen molar-refractivity contribution in [2.24, 2.45) is 0 Å². The molecule has 1 aliphatic rings. The van der Waals surface area contributed by atoms with Crippen molar-refractivity contribution in [2.75, 3.05) is 16.3 Å². The number of benzene rings is 2. The summed E-state index contributed by atoms with van der Waals surface area (Å²) < 4.78 is 0. The van der Waals surface area contributed by atoms with Crippen LogP contribution in [0.15, 0.2) is 48.5 Å². The number of nitrogens with zero attached hydrogens (tertiary/aromatic N) is 2. The Balaban J connectivity index is 1.97. The van der Waals surface area contributed by atoms with E-state index in [1.807, 2.05) is 0 Å². The monoisotopic (exact) mass is 334 g/mol. The number of carbonyl (C=O) groups excluding carboxylic acids is 2. The van der Waals surface area contributed by atoms with Crippen molar-refractivity contribution in [3.8, 4) is 0 Å². The summed E-state index contributed by atoms with van der Waals surface area (Å²) in [5.74, 6) is -0.261. The van der Waals surface area contributed by atoms with Gasteiger partial charge in [-0.1, -0.05) is 35.3 Å². The molecule has 0 radical (unpaired) electrons. The van der Waals surface area contributed by atoms with E-state index in [0.29, 0.717) is 28.0 Å². The maximum atomic E-state index is 12.7. The summed E-state index contributed by atoms with van der Waals surface area (Å²) >= 11 is 12.0. The van der Waals surface area contributed by atoms with E-state index in [0.717, 1.165) is 4.90 Å². The van der Waals surface area contributed by atoms with Crippen LogP contribution in [0.3, 0.4) is 0 Å². The zero-order valence-corrected chi connectivity index (χ0v) is 13.0. The van der Waals surface area contributed by atoms with Gasteiger partial charge in [0.1, 0.15) is 0 Å². The Bertz CT molecular complexity index is 731. The Labute approximate surface area is 137 Å². The second-order valence-electron chi connectivity index (χ2n) is 4.84. The Hall–Kier alpha value is -2.04. The fourth-order valence-corrected chi connectivity index (χ4v) is 2.72. The molecule has 1 heterocycles. The lowest BCUT2D eigenvalue weighted by Gasteiger charge is -2.34. The molecule has 0 aromatic heterocycles. The smallest absolute Gasteiger partial charge is 0.293 e. The fourth-order valence-electron chi connectivity index (χ4n) is 2.37. The molecule has 1 fully saturated rings. The third-order valence-electron chi connectivity index (χ3n) is 3.45. The Kier molecular flexibility index (Phi) is 4.05. The van der Waals surface area contributed by atoms with Gasteiger partial charge in [0.15, 0.2) is 0 Å². The molecule has 0 unspecified atom stereocenters. The fraction of sp³-hybridized carbons (Fsp3) is 0.125. The van der Waals surface area contributed by atoms with Gasteiger partial charge in [0.2, 0.25) is 5.91 Å². The largest absolute Gasteiger partial charge is 0.335 e. The van der Waals surface area contributed by atoms with Crippen LogP contribution in [0.2, 0.25) is 10.0 Å². The third-order valence-corrected chi connectivity index (χ3v) is 4.02. The van der Waals surface area contributed by atoms with Crippen LogP contribution >= 0.6 is 23.2 Å². The molecule has 0 aliphatic carbocycles. The van der Waals surface area contributed by atoms with Crippen LogP contribution in [0.5, 0.6) is 0 Å². The minimum absolute atomic E-state index is 0.236. The van der Waals surface area contributed by atoms with Crippen molar-refractivity contribution in [3.05, 3.63) is 58.6 Å². The first kappa shape index (κ1) is 14.9. The number of carbonyl (C=O) groups is 2. The minimum Gasteiger partial charge on any atom is -0.293 e. The summed E-state index contributed by atoms with van der Waals surface area (Å²) in [6.07, 6.45) is 0.236.